The molecule has 1 aromatic heterocycles. The van der Waals surface area contributed by atoms with Crippen LogP contribution in [0.4, 0.5) is 0 Å². The van der Waals surface area contributed by atoms with E-state index in [0.29, 0.717) is 5.92 Å². The first-order valence-electron chi connectivity index (χ1n) is 5.50. The van der Waals surface area contributed by atoms with Crippen molar-refractivity contribution < 1.29 is 4.42 Å². The van der Waals surface area contributed by atoms with Crippen molar-refractivity contribution in [2.75, 3.05) is 0 Å². The summed E-state index contributed by atoms with van der Waals surface area (Å²) in [4.78, 5) is 0. The molecule has 2 nitrogen and oxygen atoms in total. The average Bonchev–Trinajstić information content (AvgIpc) is 2.97. The number of nitrogens with two attached hydrogens (primary N) is 1. The molecule has 0 aliphatic heterocycles. The van der Waals surface area contributed by atoms with Gasteiger partial charge in [0, 0.05) is 5.39 Å². The number of rotatable bonds is 2. The van der Waals surface area contributed by atoms with Crippen LogP contribution < -0.4 is 5.73 Å². The van der Waals surface area contributed by atoms with Gasteiger partial charge in [-0.25, -0.2) is 0 Å². The minimum Gasteiger partial charge on any atom is -0.459 e. The van der Waals surface area contributed by atoms with E-state index in [4.69, 9.17) is 10.2 Å². The lowest BCUT2D eigenvalue weighted by Gasteiger charge is -2.04. The van der Waals surface area contributed by atoms with Gasteiger partial charge in [-0.1, -0.05) is 11.6 Å². The summed E-state index contributed by atoms with van der Waals surface area (Å²) in [5, 5.41) is 1.17. The van der Waals surface area contributed by atoms with Gasteiger partial charge >= 0.3 is 0 Å². The standard InChI is InChI=1S/C13H15NO/c1-8-2-5-11-10(6-8)7-12(15-11)13(14)9-3-4-9/h2,5-7,9,13H,3-4,14H2,1H3. The maximum absolute atomic E-state index is 6.11. The Morgan fingerprint density at radius 2 is 2.13 bits per heavy atom. The van der Waals surface area contributed by atoms with Gasteiger partial charge in [-0.2, -0.15) is 0 Å². The molecule has 0 saturated heterocycles. The first kappa shape index (κ1) is 8.98. The van der Waals surface area contributed by atoms with Gasteiger partial charge in [-0.05, 0) is 43.9 Å². The molecular formula is C13H15NO. The van der Waals surface area contributed by atoms with Crippen LogP contribution in [0.2, 0.25) is 0 Å². The highest BCUT2D eigenvalue weighted by molar-refractivity contribution is 5.78. The van der Waals surface area contributed by atoms with E-state index >= 15 is 0 Å². The lowest BCUT2D eigenvalue weighted by Crippen LogP contribution is -2.10. The summed E-state index contributed by atoms with van der Waals surface area (Å²) in [6, 6.07) is 8.41. The van der Waals surface area contributed by atoms with Gasteiger partial charge in [0.25, 0.3) is 0 Å². The lowest BCUT2D eigenvalue weighted by molar-refractivity contribution is 0.467. The second-order valence-electron chi connectivity index (χ2n) is 4.55. The molecule has 1 aliphatic rings. The second-order valence-corrected chi connectivity index (χ2v) is 4.55. The summed E-state index contributed by atoms with van der Waals surface area (Å²) >= 11 is 0. The second kappa shape index (κ2) is 3.11. The monoisotopic (exact) mass is 201 g/mol. The van der Waals surface area contributed by atoms with Gasteiger partial charge in [0.1, 0.15) is 11.3 Å². The molecule has 1 fully saturated rings. The molecule has 1 aliphatic carbocycles. The van der Waals surface area contributed by atoms with Crippen molar-refractivity contribution in [1.29, 1.82) is 0 Å². The van der Waals surface area contributed by atoms with Crippen LogP contribution in [-0.4, -0.2) is 0 Å². The predicted molar refractivity (Wildman–Crippen MR) is 60.6 cm³/mol. The molecule has 1 heterocycles. The maximum atomic E-state index is 6.11. The molecular weight excluding hydrogens is 186 g/mol. The topological polar surface area (TPSA) is 39.2 Å². The molecule has 1 aromatic carbocycles. The highest BCUT2D eigenvalue weighted by Gasteiger charge is 2.31. The number of hydrogen-bond donors (Lipinski definition) is 1. The summed E-state index contributed by atoms with van der Waals surface area (Å²) in [5.41, 5.74) is 8.32. The van der Waals surface area contributed by atoms with Crippen molar-refractivity contribution in [2.45, 2.75) is 25.8 Å². The van der Waals surface area contributed by atoms with E-state index in [0.717, 1.165) is 11.3 Å². The smallest absolute Gasteiger partial charge is 0.134 e. The first-order chi connectivity index (χ1) is 7.24. The SMILES string of the molecule is Cc1ccc2oc(C(N)C3CC3)cc2c1. The van der Waals surface area contributed by atoms with Crippen LogP contribution in [0, 0.1) is 12.8 Å². The van der Waals surface area contributed by atoms with E-state index in [2.05, 4.69) is 25.1 Å². The Labute approximate surface area is 89.1 Å². The fraction of sp³-hybridized carbons (Fsp3) is 0.385. The van der Waals surface area contributed by atoms with Gasteiger partial charge in [-0.15, -0.1) is 0 Å². The summed E-state index contributed by atoms with van der Waals surface area (Å²) in [7, 11) is 0. The Kier molecular flexibility index (Phi) is 1.86. The third-order valence-corrected chi connectivity index (χ3v) is 3.15. The van der Waals surface area contributed by atoms with E-state index in [-0.39, 0.29) is 6.04 Å². The van der Waals surface area contributed by atoms with Crippen LogP contribution >= 0.6 is 0 Å². The molecule has 3 rings (SSSR count). The Bertz CT molecular complexity index is 496. The van der Waals surface area contributed by atoms with Gasteiger partial charge in [0.15, 0.2) is 0 Å². The Balaban J connectivity index is 2.05. The third-order valence-electron chi connectivity index (χ3n) is 3.15. The summed E-state index contributed by atoms with van der Waals surface area (Å²) in [6.07, 6.45) is 2.49. The highest BCUT2D eigenvalue weighted by Crippen LogP contribution is 2.40. The number of furan rings is 1. The molecule has 0 bridgehead atoms. The molecule has 2 N–H and O–H groups in total. The van der Waals surface area contributed by atoms with Gasteiger partial charge < -0.3 is 10.2 Å². The Morgan fingerprint density at radius 1 is 1.33 bits per heavy atom. The maximum Gasteiger partial charge on any atom is 0.134 e. The Morgan fingerprint density at radius 3 is 2.87 bits per heavy atom. The largest absolute Gasteiger partial charge is 0.459 e. The van der Waals surface area contributed by atoms with Crippen molar-refractivity contribution in [3.8, 4) is 0 Å². The van der Waals surface area contributed by atoms with E-state index in [1.165, 1.54) is 23.8 Å². The van der Waals surface area contributed by atoms with Crippen molar-refractivity contribution >= 4 is 11.0 Å². The number of fused-ring (bicyclic) bond motifs is 1. The molecule has 15 heavy (non-hydrogen) atoms. The van der Waals surface area contributed by atoms with Crippen molar-refractivity contribution in [2.24, 2.45) is 11.7 Å². The van der Waals surface area contributed by atoms with Crippen molar-refractivity contribution in [3.05, 3.63) is 35.6 Å². The van der Waals surface area contributed by atoms with E-state index in [9.17, 15) is 0 Å². The summed E-state index contributed by atoms with van der Waals surface area (Å²) < 4.78 is 5.76. The van der Waals surface area contributed by atoms with Crippen molar-refractivity contribution in [1.82, 2.24) is 0 Å². The zero-order valence-corrected chi connectivity index (χ0v) is 8.86. The van der Waals surface area contributed by atoms with Crippen LogP contribution in [0.25, 0.3) is 11.0 Å². The van der Waals surface area contributed by atoms with Crippen LogP contribution in [0.5, 0.6) is 0 Å². The van der Waals surface area contributed by atoms with Crippen LogP contribution in [0.15, 0.2) is 28.7 Å². The van der Waals surface area contributed by atoms with Crippen molar-refractivity contribution in [3.63, 3.8) is 0 Å². The summed E-state index contributed by atoms with van der Waals surface area (Å²) in [6.45, 7) is 2.09. The molecule has 2 heteroatoms. The molecule has 1 saturated carbocycles. The van der Waals surface area contributed by atoms with Crippen LogP contribution in [0.1, 0.15) is 30.2 Å². The van der Waals surface area contributed by atoms with E-state index < -0.39 is 0 Å². The van der Waals surface area contributed by atoms with Crippen LogP contribution in [0.3, 0.4) is 0 Å². The molecule has 0 amide bonds. The number of aryl methyl sites for hydroxylation is 1. The third kappa shape index (κ3) is 1.55. The van der Waals surface area contributed by atoms with Gasteiger partial charge in [0.2, 0.25) is 0 Å². The zero-order valence-electron chi connectivity index (χ0n) is 8.86. The van der Waals surface area contributed by atoms with E-state index in [1.807, 2.05) is 6.07 Å². The van der Waals surface area contributed by atoms with E-state index in [1.54, 1.807) is 0 Å². The number of benzene rings is 1. The molecule has 1 unspecified atom stereocenters. The molecule has 78 valence electrons. The Hall–Kier alpha value is -1.28. The first-order valence-corrected chi connectivity index (χ1v) is 5.50. The predicted octanol–water partition coefficient (Wildman–Crippen LogP) is 3.15. The quantitative estimate of drug-likeness (QED) is 0.810. The lowest BCUT2D eigenvalue weighted by atomic mass is 10.1. The minimum absolute atomic E-state index is 0.0951. The number of hydrogen-bond acceptors (Lipinski definition) is 2. The summed E-state index contributed by atoms with van der Waals surface area (Å²) in [5.74, 6) is 1.59. The molecule has 2 aromatic rings. The highest BCUT2D eigenvalue weighted by atomic mass is 16.3. The van der Waals surface area contributed by atoms with Gasteiger partial charge in [0.05, 0.1) is 6.04 Å². The minimum atomic E-state index is 0.0951. The fourth-order valence-electron chi connectivity index (χ4n) is 2.04. The fourth-order valence-corrected chi connectivity index (χ4v) is 2.04. The van der Waals surface area contributed by atoms with Gasteiger partial charge in [-0.3, -0.25) is 0 Å². The molecule has 1 atom stereocenters. The zero-order chi connectivity index (χ0) is 10.4. The molecule has 0 spiro atoms. The normalized spacial score (nSPS) is 18.3. The molecule has 0 radical (unpaired) electrons. The average molecular weight is 201 g/mol. The van der Waals surface area contributed by atoms with Crippen LogP contribution in [-0.2, 0) is 0 Å².